The maximum atomic E-state index is 3.26. The van der Waals surface area contributed by atoms with Crippen LogP contribution in [0.5, 0.6) is 0 Å². The van der Waals surface area contributed by atoms with Crippen molar-refractivity contribution in [1.82, 2.24) is 5.32 Å². The summed E-state index contributed by atoms with van der Waals surface area (Å²) in [6.07, 6.45) is 5.40. The predicted molar refractivity (Wildman–Crippen MR) is 51.8 cm³/mol. The molecule has 1 nitrogen and oxygen atoms in total. The largest absolute Gasteiger partial charge is 0.317 e. The highest BCUT2D eigenvalue weighted by Gasteiger charge is 2.03. The van der Waals surface area contributed by atoms with Crippen molar-refractivity contribution in [2.75, 3.05) is 7.05 Å². The Morgan fingerprint density at radius 2 is 1.73 bits per heavy atom. The van der Waals surface area contributed by atoms with Gasteiger partial charge in [0.25, 0.3) is 0 Å². The predicted octanol–water partition coefficient (Wildman–Crippen LogP) is 2.81. The molecule has 0 bridgehead atoms. The Hall–Kier alpha value is -0.0400. The summed E-state index contributed by atoms with van der Waals surface area (Å²) >= 11 is 0. The second-order valence-electron chi connectivity index (χ2n) is 3.66. The molecule has 0 aliphatic carbocycles. The molecule has 0 fully saturated rings. The zero-order valence-corrected chi connectivity index (χ0v) is 8.48. The first-order valence-corrected chi connectivity index (χ1v) is 4.88. The van der Waals surface area contributed by atoms with E-state index in [1.165, 1.54) is 25.7 Å². The molecule has 2 unspecified atom stereocenters. The first kappa shape index (κ1) is 11.0. The maximum absolute atomic E-state index is 3.26. The minimum atomic E-state index is 0.689. The second kappa shape index (κ2) is 6.66. The molecule has 0 aromatic carbocycles. The fourth-order valence-corrected chi connectivity index (χ4v) is 1.32. The van der Waals surface area contributed by atoms with Crippen LogP contribution in [0.3, 0.4) is 0 Å². The van der Waals surface area contributed by atoms with Crippen molar-refractivity contribution in [2.45, 2.75) is 52.5 Å². The maximum Gasteiger partial charge on any atom is 0.00358 e. The molecule has 68 valence electrons. The summed E-state index contributed by atoms with van der Waals surface area (Å²) in [4.78, 5) is 0. The first-order valence-electron chi connectivity index (χ1n) is 4.88. The lowest BCUT2D eigenvalue weighted by Crippen LogP contribution is -2.21. The van der Waals surface area contributed by atoms with Crippen molar-refractivity contribution in [3.05, 3.63) is 0 Å². The number of nitrogens with one attached hydrogen (secondary N) is 1. The third kappa shape index (κ3) is 6.36. The molecule has 0 radical (unpaired) electrons. The van der Waals surface area contributed by atoms with Crippen LogP contribution in [0.1, 0.15) is 46.5 Å². The van der Waals surface area contributed by atoms with E-state index < -0.39 is 0 Å². The van der Waals surface area contributed by atoms with Gasteiger partial charge in [0.1, 0.15) is 0 Å². The van der Waals surface area contributed by atoms with Crippen LogP contribution < -0.4 is 5.32 Å². The summed E-state index contributed by atoms with van der Waals surface area (Å²) in [7, 11) is 2.04. The van der Waals surface area contributed by atoms with Crippen LogP contribution in [0, 0.1) is 5.92 Å². The molecular weight excluding hydrogens is 134 g/mol. The standard InChI is InChI=1S/C10H23N/c1-5-6-9(2)7-8-10(3)11-4/h9-11H,5-8H2,1-4H3. The summed E-state index contributed by atoms with van der Waals surface area (Å²) in [5.74, 6) is 0.913. The van der Waals surface area contributed by atoms with Crippen molar-refractivity contribution in [3.63, 3.8) is 0 Å². The zero-order valence-electron chi connectivity index (χ0n) is 8.48. The van der Waals surface area contributed by atoms with E-state index in [1.807, 2.05) is 7.05 Å². The number of rotatable bonds is 6. The van der Waals surface area contributed by atoms with Crippen LogP contribution >= 0.6 is 0 Å². The van der Waals surface area contributed by atoms with E-state index >= 15 is 0 Å². The van der Waals surface area contributed by atoms with Crippen LogP contribution in [-0.2, 0) is 0 Å². The first-order chi connectivity index (χ1) is 5.20. The average Bonchev–Trinajstić information content (AvgIpc) is 2.01. The smallest absolute Gasteiger partial charge is 0.00358 e. The monoisotopic (exact) mass is 157 g/mol. The third-order valence-electron chi connectivity index (χ3n) is 2.37. The van der Waals surface area contributed by atoms with Crippen molar-refractivity contribution >= 4 is 0 Å². The Kier molecular flexibility index (Phi) is 6.63. The molecule has 0 aromatic heterocycles. The Bertz CT molecular complexity index is 80.9. The minimum Gasteiger partial charge on any atom is -0.317 e. The van der Waals surface area contributed by atoms with Crippen LogP contribution in [0.15, 0.2) is 0 Å². The van der Waals surface area contributed by atoms with Crippen LogP contribution in [0.2, 0.25) is 0 Å². The van der Waals surface area contributed by atoms with Crippen molar-refractivity contribution in [2.24, 2.45) is 5.92 Å². The molecule has 0 heterocycles. The van der Waals surface area contributed by atoms with Gasteiger partial charge in [0, 0.05) is 6.04 Å². The van der Waals surface area contributed by atoms with Gasteiger partial charge in [0.05, 0.1) is 0 Å². The average molecular weight is 157 g/mol. The topological polar surface area (TPSA) is 12.0 Å². The van der Waals surface area contributed by atoms with Gasteiger partial charge in [-0.15, -0.1) is 0 Å². The number of hydrogen-bond donors (Lipinski definition) is 1. The Morgan fingerprint density at radius 1 is 1.09 bits per heavy atom. The molecule has 0 rings (SSSR count). The van der Waals surface area contributed by atoms with Gasteiger partial charge >= 0.3 is 0 Å². The molecule has 0 aliphatic rings. The van der Waals surface area contributed by atoms with Crippen molar-refractivity contribution in [3.8, 4) is 0 Å². The van der Waals surface area contributed by atoms with E-state index in [9.17, 15) is 0 Å². The summed E-state index contributed by atoms with van der Waals surface area (Å²) in [6, 6.07) is 0.689. The van der Waals surface area contributed by atoms with Crippen LogP contribution in [0.4, 0.5) is 0 Å². The van der Waals surface area contributed by atoms with Gasteiger partial charge in [-0.2, -0.15) is 0 Å². The Morgan fingerprint density at radius 3 is 2.18 bits per heavy atom. The van der Waals surface area contributed by atoms with Crippen LogP contribution in [-0.4, -0.2) is 13.1 Å². The molecule has 0 saturated carbocycles. The van der Waals surface area contributed by atoms with Crippen molar-refractivity contribution < 1.29 is 0 Å². The van der Waals surface area contributed by atoms with E-state index in [2.05, 4.69) is 26.1 Å². The molecule has 1 N–H and O–H groups in total. The zero-order chi connectivity index (χ0) is 8.69. The Labute approximate surface area is 71.6 Å². The highest BCUT2D eigenvalue weighted by molar-refractivity contribution is 4.60. The van der Waals surface area contributed by atoms with Gasteiger partial charge in [-0.25, -0.2) is 0 Å². The molecule has 0 aliphatic heterocycles. The van der Waals surface area contributed by atoms with Gasteiger partial charge in [0.2, 0.25) is 0 Å². The van der Waals surface area contributed by atoms with Gasteiger partial charge < -0.3 is 5.32 Å². The highest BCUT2D eigenvalue weighted by Crippen LogP contribution is 2.13. The van der Waals surface area contributed by atoms with Crippen LogP contribution in [0.25, 0.3) is 0 Å². The van der Waals surface area contributed by atoms with Gasteiger partial charge in [0.15, 0.2) is 0 Å². The SMILES string of the molecule is CCCC(C)CCC(C)NC. The van der Waals surface area contributed by atoms with Crippen molar-refractivity contribution in [1.29, 1.82) is 0 Å². The molecular formula is C10H23N. The normalized spacial score (nSPS) is 16.4. The second-order valence-corrected chi connectivity index (χ2v) is 3.66. The minimum absolute atomic E-state index is 0.689. The van der Waals surface area contributed by atoms with Gasteiger partial charge in [-0.1, -0.05) is 26.7 Å². The van der Waals surface area contributed by atoms with Gasteiger partial charge in [-0.05, 0) is 32.7 Å². The highest BCUT2D eigenvalue weighted by atomic mass is 14.8. The molecule has 0 spiro atoms. The molecule has 0 aromatic rings. The molecule has 1 heteroatoms. The lowest BCUT2D eigenvalue weighted by molar-refractivity contribution is 0.427. The quantitative estimate of drug-likeness (QED) is 0.625. The summed E-state index contributed by atoms with van der Waals surface area (Å²) in [5, 5.41) is 3.26. The molecule has 11 heavy (non-hydrogen) atoms. The fraction of sp³-hybridized carbons (Fsp3) is 1.00. The van der Waals surface area contributed by atoms with E-state index in [0.717, 1.165) is 5.92 Å². The fourth-order valence-electron chi connectivity index (χ4n) is 1.32. The van der Waals surface area contributed by atoms with E-state index in [1.54, 1.807) is 0 Å². The summed E-state index contributed by atoms with van der Waals surface area (Å²) in [6.45, 7) is 6.86. The lowest BCUT2D eigenvalue weighted by atomic mass is 9.98. The van der Waals surface area contributed by atoms with E-state index in [-0.39, 0.29) is 0 Å². The Balaban J connectivity index is 3.22. The summed E-state index contributed by atoms with van der Waals surface area (Å²) < 4.78 is 0. The number of hydrogen-bond acceptors (Lipinski definition) is 1. The third-order valence-corrected chi connectivity index (χ3v) is 2.37. The molecule has 0 amide bonds. The van der Waals surface area contributed by atoms with Gasteiger partial charge in [-0.3, -0.25) is 0 Å². The summed E-state index contributed by atoms with van der Waals surface area (Å²) in [5.41, 5.74) is 0. The lowest BCUT2D eigenvalue weighted by Gasteiger charge is -2.13. The van der Waals surface area contributed by atoms with E-state index in [4.69, 9.17) is 0 Å². The van der Waals surface area contributed by atoms with E-state index in [0.29, 0.717) is 6.04 Å². The molecule has 2 atom stereocenters. The molecule has 0 saturated heterocycles.